The molecule has 0 saturated carbocycles. The van der Waals surface area contributed by atoms with Crippen LogP contribution in [0.4, 0.5) is 0 Å². The van der Waals surface area contributed by atoms with E-state index in [1.807, 2.05) is 38.4 Å². The first-order valence-electron chi connectivity index (χ1n) is 7.31. The number of nitrogens with zero attached hydrogens (tertiary/aromatic N) is 1. The van der Waals surface area contributed by atoms with Crippen molar-refractivity contribution in [3.05, 3.63) is 35.4 Å². The normalized spacial score (nSPS) is 12.4. The molecule has 1 atom stereocenters. The van der Waals surface area contributed by atoms with E-state index in [1.165, 1.54) is 0 Å². The second kappa shape index (κ2) is 8.72. The van der Waals surface area contributed by atoms with Crippen molar-refractivity contribution in [3.8, 4) is 0 Å². The Hall–Kier alpha value is -1.39. The van der Waals surface area contributed by atoms with Crippen molar-refractivity contribution in [2.45, 2.75) is 38.8 Å². The fourth-order valence-corrected chi connectivity index (χ4v) is 2.14. The van der Waals surface area contributed by atoms with Gasteiger partial charge >= 0.3 is 0 Å². The molecule has 4 heteroatoms. The maximum absolute atomic E-state index is 12.2. The second-order valence-corrected chi connectivity index (χ2v) is 5.49. The van der Waals surface area contributed by atoms with Gasteiger partial charge in [-0.25, -0.2) is 0 Å². The van der Waals surface area contributed by atoms with Crippen LogP contribution in [-0.4, -0.2) is 37.5 Å². The summed E-state index contributed by atoms with van der Waals surface area (Å²) in [6.07, 6.45) is 3.14. The van der Waals surface area contributed by atoms with Gasteiger partial charge in [0, 0.05) is 24.7 Å². The van der Waals surface area contributed by atoms with E-state index in [-0.39, 0.29) is 11.9 Å². The first-order valence-corrected chi connectivity index (χ1v) is 7.31. The summed E-state index contributed by atoms with van der Waals surface area (Å²) in [6.45, 7) is 3.46. The SMILES string of the molecule is CCCCC(CN)NC(=O)c1cccc(CN(C)C)c1. The Balaban J connectivity index is 2.66. The van der Waals surface area contributed by atoms with Gasteiger partial charge in [0.25, 0.3) is 5.91 Å². The molecule has 1 unspecified atom stereocenters. The lowest BCUT2D eigenvalue weighted by molar-refractivity contribution is 0.0935. The molecule has 0 heterocycles. The van der Waals surface area contributed by atoms with Gasteiger partial charge in [0.15, 0.2) is 0 Å². The van der Waals surface area contributed by atoms with Crippen LogP contribution >= 0.6 is 0 Å². The van der Waals surface area contributed by atoms with Crippen LogP contribution in [0.2, 0.25) is 0 Å². The smallest absolute Gasteiger partial charge is 0.251 e. The highest BCUT2D eigenvalue weighted by Gasteiger charge is 2.12. The van der Waals surface area contributed by atoms with Crippen LogP contribution in [0.15, 0.2) is 24.3 Å². The van der Waals surface area contributed by atoms with Crippen molar-refractivity contribution in [1.82, 2.24) is 10.2 Å². The van der Waals surface area contributed by atoms with Gasteiger partial charge in [0.05, 0.1) is 0 Å². The number of hydrogen-bond donors (Lipinski definition) is 2. The molecule has 4 nitrogen and oxygen atoms in total. The predicted octanol–water partition coefficient (Wildman–Crippen LogP) is 2.00. The molecule has 0 aromatic heterocycles. The monoisotopic (exact) mass is 277 g/mol. The van der Waals surface area contributed by atoms with Crippen LogP contribution in [-0.2, 0) is 6.54 Å². The van der Waals surface area contributed by atoms with Gasteiger partial charge in [-0.15, -0.1) is 0 Å². The molecule has 112 valence electrons. The topological polar surface area (TPSA) is 58.4 Å². The van der Waals surface area contributed by atoms with Crippen molar-refractivity contribution in [1.29, 1.82) is 0 Å². The summed E-state index contributed by atoms with van der Waals surface area (Å²) >= 11 is 0. The molecule has 0 saturated heterocycles. The Morgan fingerprint density at radius 3 is 2.75 bits per heavy atom. The van der Waals surface area contributed by atoms with Gasteiger partial charge in [-0.3, -0.25) is 4.79 Å². The molecular formula is C16H27N3O. The zero-order chi connectivity index (χ0) is 15.0. The molecule has 0 aliphatic rings. The number of hydrogen-bond acceptors (Lipinski definition) is 3. The Bertz CT molecular complexity index is 418. The number of nitrogens with two attached hydrogens (primary N) is 1. The van der Waals surface area contributed by atoms with Crippen LogP contribution in [0.1, 0.15) is 42.1 Å². The minimum absolute atomic E-state index is 0.0304. The molecule has 0 fully saturated rings. The summed E-state index contributed by atoms with van der Waals surface area (Å²) in [5.41, 5.74) is 7.56. The van der Waals surface area contributed by atoms with Gasteiger partial charge in [0.2, 0.25) is 0 Å². The van der Waals surface area contributed by atoms with E-state index in [1.54, 1.807) is 0 Å². The Labute approximate surface area is 122 Å². The average Bonchev–Trinajstić information content (AvgIpc) is 2.42. The van der Waals surface area contributed by atoms with Crippen LogP contribution in [0.5, 0.6) is 0 Å². The number of rotatable bonds is 8. The molecule has 20 heavy (non-hydrogen) atoms. The van der Waals surface area contributed by atoms with Crippen molar-refractivity contribution >= 4 is 5.91 Å². The average molecular weight is 277 g/mol. The van der Waals surface area contributed by atoms with Crippen LogP contribution in [0, 0.1) is 0 Å². The molecule has 1 aromatic rings. The first-order chi connectivity index (χ1) is 9.56. The lowest BCUT2D eigenvalue weighted by atomic mass is 10.1. The van der Waals surface area contributed by atoms with E-state index < -0.39 is 0 Å². The number of nitrogens with one attached hydrogen (secondary N) is 1. The molecule has 0 spiro atoms. The lowest BCUT2D eigenvalue weighted by Gasteiger charge is -2.17. The number of unbranched alkanes of at least 4 members (excludes halogenated alkanes) is 1. The van der Waals surface area contributed by atoms with E-state index in [9.17, 15) is 4.79 Å². The highest BCUT2D eigenvalue weighted by Crippen LogP contribution is 2.08. The molecule has 0 bridgehead atoms. The molecular weight excluding hydrogens is 250 g/mol. The second-order valence-electron chi connectivity index (χ2n) is 5.49. The molecule has 3 N–H and O–H groups in total. The molecule has 1 amide bonds. The molecule has 0 aliphatic carbocycles. The van der Waals surface area contributed by atoms with E-state index in [0.717, 1.165) is 31.4 Å². The highest BCUT2D eigenvalue weighted by molar-refractivity contribution is 5.94. The largest absolute Gasteiger partial charge is 0.348 e. The number of benzene rings is 1. The zero-order valence-corrected chi connectivity index (χ0v) is 12.9. The molecule has 1 rings (SSSR count). The van der Waals surface area contributed by atoms with Crippen LogP contribution in [0.25, 0.3) is 0 Å². The number of carbonyl (C=O) groups is 1. The molecule has 0 aliphatic heterocycles. The summed E-state index contributed by atoms with van der Waals surface area (Å²) in [5, 5.41) is 3.02. The van der Waals surface area contributed by atoms with Gasteiger partial charge in [-0.05, 0) is 38.2 Å². The minimum atomic E-state index is -0.0304. The summed E-state index contributed by atoms with van der Waals surface area (Å²) in [7, 11) is 4.03. The lowest BCUT2D eigenvalue weighted by Crippen LogP contribution is -2.40. The summed E-state index contributed by atoms with van der Waals surface area (Å²) in [4.78, 5) is 14.3. The van der Waals surface area contributed by atoms with Gasteiger partial charge in [-0.1, -0.05) is 31.9 Å². The first kappa shape index (κ1) is 16.7. The third-order valence-electron chi connectivity index (χ3n) is 3.21. The van der Waals surface area contributed by atoms with Gasteiger partial charge in [0.1, 0.15) is 0 Å². The van der Waals surface area contributed by atoms with Gasteiger partial charge < -0.3 is 16.0 Å². The van der Waals surface area contributed by atoms with E-state index in [0.29, 0.717) is 12.1 Å². The zero-order valence-electron chi connectivity index (χ0n) is 12.9. The van der Waals surface area contributed by atoms with Crippen LogP contribution in [0.3, 0.4) is 0 Å². The summed E-state index contributed by atoms with van der Waals surface area (Å²) in [6, 6.07) is 7.83. The van der Waals surface area contributed by atoms with E-state index in [2.05, 4.69) is 17.1 Å². The van der Waals surface area contributed by atoms with Crippen molar-refractivity contribution in [2.75, 3.05) is 20.6 Å². The van der Waals surface area contributed by atoms with Crippen molar-refractivity contribution in [3.63, 3.8) is 0 Å². The third kappa shape index (κ3) is 5.72. The Kier molecular flexibility index (Phi) is 7.26. The summed E-state index contributed by atoms with van der Waals surface area (Å²) < 4.78 is 0. The fourth-order valence-electron chi connectivity index (χ4n) is 2.14. The third-order valence-corrected chi connectivity index (χ3v) is 3.21. The molecule has 1 aromatic carbocycles. The fraction of sp³-hybridized carbons (Fsp3) is 0.562. The van der Waals surface area contributed by atoms with E-state index in [4.69, 9.17) is 5.73 Å². The maximum atomic E-state index is 12.2. The molecule has 0 radical (unpaired) electrons. The quantitative estimate of drug-likeness (QED) is 0.764. The summed E-state index contributed by atoms with van der Waals surface area (Å²) in [5.74, 6) is -0.0304. The highest BCUT2D eigenvalue weighted by atomic mass is 16.1. The predicted molar refractivity (Wildman–Crippen MR) is 83.7 cm³/mol. The maximum Gasteiger partial charge on any atom is 0.251 e. The van der Waals surface area contributed by atoms with Gasteiger partial charge in [-0.2, -0.15) is 0 Å². The van der Waals surface area contributed by atoms with Crippen LogP contribution < -0.4 is 11.1 Å². The standard InChI is InChI=1S/C16H27N3O/c1-4-5-9-15(11-17)18-16(20)14-8-6-7-13(10-14)12-19(2)3/h6-8,10,15H,4-5,9,11-12,17H2,1-3H3,(H,18,20). The van der Waals surface area contributed by atoms with E-state index >= 15 is 0 Å². The Morgan fingerprint density at radius 1 is 1.40 bits per heavy atom. The number of amides is 1. The minimum Gasteiger partial charge on any atom is -0.348 e. The Morgan fingerprint density at radius 2 is 2.15 bits per heavy atom. The van der Waals surface area contributed by atoms with Crippen molar-refractivity contribution < 1.29 is 4.79 Å². The number of carbonyl (C=O) groups excluding carboxylic acids is 1. The van der Waals surface area contributed by atoms with Crippen molar-refractivity contribution in [2.24, 2.45) is 5.73 Å².